The van der Waals surface area contributed by atoms with Crippen molar-refractivity contribution in [1.29, 1.82) is 0 Å². The maximum Gasteiger partial charge on any atom is 0.293 e. The highest BCUT2D eigenvalue weighted by molar-refractivity contribution is 8.18. The lowest BCUT2D eigenvalue weighted by molar-refractivity contribution is -0.123. The van der Waals surface area contributed by atoms with Crippen molar-refractivity contribution >= 4 is 29.0 Å². The number of furan rings is 1. The van der Waals surface area contributed by atoms with Gasteiger partial charge in [-0.25, -0.2) is 4.39 Å². The molecule has 1 aromatic carbocycles. The Kier molecular flexibility index (Phi) is 4.09. The van der Waals surface area contributed by atoms with Gasteiger partial charge < -0.3 is 4.42 Å². The monoisotopic (exact) mass is 331 g/mol. The Morgan fingerprint density at radius 2 is 1.91 bits per heavy atom. The van der Waals surface area contributed by atoms with Crippen molar-refractivity contribution in [3.05, 3.63) is 63.7 Å². The minimum atomic E-state index is -0.353. The van der Waals surface area contributed by atoms with E-state index in [4.69, 9.17) is 4.42 Å². The Morgan fingerprint density at radius 1 is 1.22 bits per heavy atom. The van der Waals surface area contributed by atoms with E-state index in [1.165, 1.54) is 12.1 Å². The van der Waals surface area contributed by atoms with E-state index in [0.717, 1.165) is 28.0 Å². The fourth-order valence-corrected chi connectivity index (χ4v) is 3.17. The maximum atomic E-state index is 12.9. The lowest BCUT2D eigenvalue weighted by Crippen LogP contribution is -2.27. The average molecular weight is 331 g/mol. The van der Waals surface area contributed by atoms with E-state index >= 15 is 0 Å². The van der Waals surface area contributed by atoms with Crippen LogP contribution in [0.4, 0.5) is 9.18 Å². The van der Waals surface area contributed by atoms with Crippen LogP contribution >= 0.6 is 11.8 Å². The molecule has 23 heavy (non-hydrogen) atoms. The summed E-state index contributed by atoms with van der Waals surface area (Å²) in [5, 5.41) is -0.330. The molecule has 4 nitrogen and oxygen atoms in total. The van der Waals surface area contributed by atoms with Gasteiger partial charge in [0.1, 0.15) is 17.3 Å². The van der Waals surface area contributed by atoms with Gasteiger partial charge in [0.25, 0.3) is 11.1 Å². The molecule has 1 aliphatic heterocycles. The van der Waals surface area contributed by atoms with Crippen molar-refractivity contribution in [2.24, 2.45) is 0 Å². The summed E-state index contributed by atoms with van der Waals surface area (Å²) in [5.41, 5.74) is 1.49. The van der Waals surface area contributed by atoms with Crippen molar-refractivity contribution in [1.82, 2.24) is 4.90 Å². The third-order valence-electron chi connectivity index (χ3n) is 3.49. The highest BCUT2D eigenvalue weighted by Crippen LogP contribution is 2.34. The average Bonchev–Trinajstić information content (AvgIpc) is 2.95. The zero-order valence-electron chi connectivity index (χ0n) is 12.6. The second-order valence-corrected chi connectivity index (χ2v) is 6.26. The summed E-state index contributed by atoms with van der Waals surface area (Å²) in [4.78, 5) is 26.0. The molecule has 3 rings (SSSR count). The Labute approximate surface area is 137 Å². The van der Waals surface area contributed by atoms with Gasteiger partial charge in [-0.3, -0.25) is 14.5 Å². The van der Waals surface area contributed by atoms with Gasteiger partial charge in [0.2, 0.25) is 0 Å². The van der Waals surface area contributed by atoms with E-state index in [9.17, 15) is 14.0 Å². The molecule has 118 valence electrons. The number of hydrogen-bond donors (Lipinski definition) is 0. The molecule has 2 aromatic rings. The van der Waals surface area contributed by atoms with Crippen LogP contribution in [0.1, 0.15) is 22.6 Å². The molecular weight excluding hydrogens is 317 g/mol. The molecule has 1 aliphatic rings. The molecule has 0 bridgehead atoms. The largest absolute Gasteiger partial charge is 0.466 e. The predicted octanol–water partition coefficient (Wildman–Crippen LogP) is 4.27. The molecular formula is C17H14FNO3S. The second kappa shape index (κ2) is 6.04. The van der Waals surface area contributed by atoms with E-state index in [1.54, 1.807) is 18.2 Å². The first-order valence-electron chi connectivity index (χ1n) is 7.01. The summed E-state index contributed by atoms with van der Waals surface area (Å²) < 4.78 is 18.3. The van der Waals surface area contributed by atoms with Crippen LogP contribution < -0.4 is 0 Å². The number of halogens is 1. The molecule has 2 amide bonds. The van der Waals surface area contributed by atoms with E-state index in [-0.39, 0.29) is 23.5 Å². The van der Waals surface area contributed by atoms with Gasteiger partial charge in [-0.15, -0.1) is 0 Å². The number of aryl methyl sites for hydroxylation is 2. The molecule has 6 heteroatoms. The zero-order valence-corrected chi connectivity index (χ0v) is 13.4. The van der Waals surface area contributed by atoms with Crippen LogP contribution in [-0.2, 0) is 11.3 Å². The number of nitrogens with zero attached hydrogens (tertiary/aromatic N) is 1. The first-order valence-corrected chi connectivity index (χ1v) is 7.82. The summed E-state index contributed by atoms with van der Waals surface area (Å²) in [5.74, 6) is 0.753. The quantitative estimate of drug-likeness (QED) is 0.788. The molecule has 0 saturated carbocycles. The second-order valence-electron chi connectivity index (χ2n) is 5.26. The minimum Gasteiger partial charge on any atom is -0.466 e. The summed E-state index contributed by atoms with van der Waals surface area (Å²) in [6, 6.07) is 7.56. The number of imide groups is 1. The van der Waals surface area contributed by atoms with Crippen molar-refractivity contribution < 1.29 is 18.4 Å². The molecule has 1 aromatic heterocycles. The predicted molar refractivity (Wildman–Crippen MR) is 86.1 cm³/mol. The van der Waals surface area contributed by atoms with Gasteiger partial charge in [0.15, 0.2) is 0 Å². The summed E-state index contributed by atoms with van der Waals surface area (Å²) in [6.07, 6.45) is 1.67. The molecule has 0 aliphatic carbocycles. The number of thioether (sulfide) groups is 1. The minimum absolute atomic E-state index is 0.131. The smallest absolute Gasteiger partial charge is 0.293 e. The highest BCUT2D eigenvalue weighted by atomic mass is 32.2. The number of rotatable bonds is 3. The van der Waals surface area contributed by atoms with Gasteiger partial charge in [-0.05, 0) is 55.4 Å². The van der Waals surface area contributed by atoms with E-state index < -0.39 is 0 Å². The van der Waals surface area contributed by atoms with Gasteiger partial charge in [0, 0.05) is 5.56 Å². The van der Waals surface area contributed by atoms with Gasteiger partial charge in [0.05, 0.1) is 11.4 Å². The van der Waals surface area contributed by atoms with Crippen LogP contribution in [0.5, 0.6) is 0 Å². The lowest BCUT2D eigenvalue weighted by atomic mass is 10.2. The van der Waals surface area contributed by atoms with Crippen molar-refractivity contribution in [2.75, 3.05) is 0 Å². The fourth-order valence-electron chi connectivity index (χ4n) is 2.34. The van der Waals surface area contributed by atoms with E-state index in [1.807, 2.05) is 19.9 Å². The van der Waals surface area contributed by atoms with Crippen LogP contribution in [0.25, 0.3) is 6.08 Å². The van der Waals surface area contributed by atoms with Crippen LogP contribution in [-0.4, -0.2) is 16.0 Å². The van der Waals surface area contributed by atoms with Crippen molar-refractivity contribution in [2.45, 2.75) is 20.4 Å². The highest BCUT2D eigenvalue weighted by Gasteiger charge is 2.35. The first kappa shape index (κ1) is 15.6. The SMILES string of the molecule is Cc1cc(/C=C2\SC(=O)N(Cc3ccc(F)cc3)C2=O)c(C)o1. The van der Waals surface area contributed by atoms with Crippen LogP contribution in [0.3, 0.4) is 0 Å². The maximum absolute atomic E-state index is 12.9. The van der Waals surface area contributed by atoms with E-state index in [2.05, 4.69) is 0 Å². The Balaban J connectivity index is 1.82. The standard InChI is InChI=1S/C17H14FNO3S/c1-10-7-13(11(2)22-10)8-15-16(20)19(17(21)23-15)9-12-3-5-14(18)6-4-12/h3-8H,9H2,1-2H3/b15-8-. The normalized spacial score (nSPS) is 16.7. The molecule has 0 atom stereocenters. The van der Waals surface area contributed by atoms with Crippen LogP contribution in [0, 0.1) is 19.7 Å². The molecule has 1 fully saturated rings. The van der Waals surface area contributed by atoms with Crippen LogP contribution in [0.15, 0.2) is 39.7 Å². The number of carbonyl (C=O) groups is 2. The van der Waals surface area contributed by atoms with Crippen molar-refractivity contribution in [3.63, 3.8) is 0 Å². The number of amides is 2. The Hall–Kier alpha value is -2.34. The third kappa shape index (κ3) is 3.22. The molecule has 0 radical (unpaired) electrons. The number of benzene rings is 1. The lowest BCUT2D eigenvalue weighted by Gasteiger charge is -2.12. The van der Waals surface area contributed by atoms with Gasteiger partial charge in [-0.2, -0.15) is 0 Å². The molecule has 2 heterocycles. The van der Waals surface area contributed by atoms with E-state index in [0.29, 0.717) is 16.2 Å². The fraction of sp³-hybridized carbons (Fsp3) is 0.176. The Bertz CT molecular complexity index is 808. The number of carbonyl (C=O) groups excluding carboxylic acids is 2. The van der Waals surface area contributed by atoms with Gasteiger partial charge >= 0.3 is 0 Å². The summed E-state index contributed by atoms with van der Waals surface area (Å²) in [6.45, 7) is 3.76. The Morgan fingerprint density at radius 3 is 2.52 bits per heavy atom. The molecule has 0 unspecified atom stereocenters. The molecule has 0 spiro atoms. The van der Waals surface area contributed by atoms with Gasteiger partial charge in [-0.1, -0.05) is 12.1 Å². The molecule has 1 saturated heterocycles. The third-order valence-corrected chi connectivity index (χ3v) is 4.40. The summed E-state index contributed by atoms with van der Waals surface area (Å²) >= 11 is 0.900. The molecule has 0 N–H and O–H groups in total. The summed E-state index contributed by atoms with van der Waals surface area (Å²) in [7, 11) is 0. The zero-order chi connectivity index (χ0) is 16.6. The first-order chi connectivity index (χ1) is 10.9. The van der Waals surface area contributed by atoms with Crippen molar-refractivity contribution in [3.8, 4) is 0 Å². The number of hydrogen-bond acceptors (Lipinski definition) is 4. The topological polar surface area (TPSA) is 50.5 Å². The van der Waals surface area contributed by atoms with Crippen LogP contribution in [0.2, 0.25) is 0 Å².